The molecule has 0 saturated heterocycles. The zero-order valence-corrected chi connectivity index (χ0v) is 8.30. The molecule has 0 heteroatoms. The molecular weight excluding hydrogens is 144 g/mol. The van der Waals surface area contributed by atoms with Crippen molar-refractivity contribution in [1.82, 2.24) is 0 Å². The summed E-state index contributed by atoms with van der Waals surface area (Å²) in [5, 5.41) is 0. The maximum atomic E-state index is 3.66. The fourth-order valence-electron chi connectivity index (χ4n) is 1.01. The average Bonchev–Trinajstić information content (AvgIpc) is 2.04. The van der Waals surface area contributed by atoms with Gasteiger partial charge >= 0.3 is 0 Å². The first-order valence-corrected chi connectivity index (χ1v) is 4.37. The van der Waals surface area contributed by atoms with Crippen molar-refractivity contribution < 1.29 is 0 Å². The van der Waals surface area contributed by atoms with Crippen LogP contribution in [-0.4, -0.2) is 0 Å². The van der Waals surface area contributed by atoms with E-state index in [0.29, 0.717) is 0 Å². The third-order valence-electron chi connectivity index (χ3n) is 1.58. The van der Waals surface area contributed by atoms with Gasteiger partial charge in [0.15, 0.2) is 0 Å². The van der Waals surface area contributed by atoms with Gasteiger partial charge in [-0.2, -0.15) is 0 Å². The van der Waals surface area contributed by atoms with E-state index < -0.39 is 0 Å². The van der Waals surface area contributed by atoms with Gasteiger partial charge in [-0.05, 0) is 25.8 Å². The first kappa shape index (κ1) is 11.0. The molecule has 0 radical (unpaired) electrons. The van der Waals surface area contributed by atoms with E-state index in [9.17, 15) is 0 Å². The second-order valence-electron chi connectivity index (χ2n) is 2.72. The van der Waals surface area contributed by atoms with Crippen LogP contribution < -0.4 is 0 Å². The van der Waals surface area contributed by atoms with Crippen LogP contribution in [0.1, 0.15) is 27.2 Å². The summed E-state index contributed by atoms with van der Waals surface area (Å²) in [4.78, 5) is 0. The summed E-state index contributed by atoms with van der Waals surface area (Å²) in [7, 11) is 0. The van der Waals surface area contributed by atoms with E-state index >= 15 is 0 Å². The zero-order chi connectivity index (χ0) is 9.40. The van der Waals surface area contributed by atoms with Gasteiger partial charge in [-0.25, -0.2) is 0 Å². The van der Waals surface area contributed by atoms with Crippen LogP contribution in [0.3, 0.4) is 0 Å². The molecule has 12 heavy (non-hydrogen) atoms. The maximum absolute atomic E-state index is 3.66. The molecule has 0 aromatic heterocycles. The van der Waals surface area contributed by atoms with Gasteiger partial charge in [-0.3, -0.25) is 0 Å². The Labute approximate surface area is 76.0 Å². The van der Waals surface area contributed by atoms with Crippen molar-refractivity contribution in [2.24, 2.45) is 0 Å². The van der Waals surface area contributed by atoms with Crippen LogP contribution in [0.4, 0.5) is 0 Å². The second-order valence-corrected chi connectivity index (χ2v) is 2.72. The molecule has 0 atom stereocenters. The van der Waals surface area contributed by atoms with Gasteiger partial charge in [0, 0.05) is 0 Å². The molecule has 0 aromatic carbocycles. The van der Waals surface area contributed by atoms with E-state index in [4.69, 9.17) is 0 Å². The largest absolute Gasteiger partial charge is 0.0991 e. The lowest BCUT2D eigenvalue weighted by Gasteiger charge is -1.96. The lowest BCUT2D eigenvalue weighted by atomic mass is 10.1. The molecule has 0 bridgehead atoms. The van der Waals surface area contributed by atoms with Crippen LogP contribution >= 0.6 is 0 Å². The number of hydrogen-bond acceptors (Lipinski definition) is 0. The standard InChI is InChI=1S/C12H18/c1-5-8-11(4)10-12(7-3)9-6-2/h5-6,8-10H,1,7H2,2-4H3. The third kappa shape index (κ3) is 4.73. The normalized spacial score (nSPS) is 13.9. The Balaban J connectivity index is 4.47. The van der Waals surface area contributed by atoms with Crippen LogP contribution in [0.5, 0.6) is 0 Å². The Kier molecular flexibility index (Phi) is 6.08. The molecule has 0 rings (SSSR count). The summed E-state index contributed by atoms with van der Waals surface area (Å²) >= 11 is 0. The summed E-state index contributed by atoms with van der Waals surface area (Å²) in [6.45, 7) is 9.94. The van der Waals surface area contributed by atoms with Crippen LogP contribution in [0.2, 0.25) is 0 Å². The van der Waals surface area contributed by atoms with E-state index in [1.165, 1.54) is 11.1 Å². The van der Waals surface area contributed by atoms with Crippen molar-refractivity contribution in [3.63, 3.8) is 0 Å². The summed E-state index contributed by atoms with van der Waals surface area (Å²) in [6, 6.07) is 0. The SMILES string of the molecule is C=CC=C(C)C=C(C=CC)CC. The minimum atomic E-state index is 1.08. The van der Waals surface area contributed by atoms with Gasteiger partial charge in [-0.15, -0.1) is 0 Å². The zero-order valence-electron chi connectivity index (χ0n) is 8.30. The third-order valence-corrected chi connectivity index (χ3v) is 1.58. The smallest absolute Gasteiger partial charge is 0.0307 e. The molecule has 0 spiro atoms. The minimum Gasteiger partial charge on any atom is -0.0991 e. The number of hydrogen-bond donors (Lipinski definition) is 0. The topological polar surface area (TPSA) is 0 Å². The highest BCUT2D eigenvalue weighted by Gasteiger charge is 1.87. The van der Waals surface area contributed by atoms with Gasteiger partial charge in [0.1, 0.15) is 0 Å². The summed E-state index contributed by atoms with van der Waals surface area (Å²) < 4.78 is 0. The second kappa shape index (κ2) is 6.66. The van der Waals surface area contributed by atoms with Crippen LogP contribution in [0.15, 0.2) is 48.1 Å². The lowest BCUT2D eigenvalue weighted by molar-refractivity contribution is 1.14. The first-order valence-electron chi connectivity index (χ1n) is 4.37. The Hall–Kier alpha value is -1.04. The highest BCUT2D eigenvalue weighted by Crippen LogP contribution is 2.07. The Bertz CT molecular complexity index is 214. The van der Waals surface area contributed by atoms with Crippen LogP contribution in [-0.2, 0) is 0 Å². The number of allylic oxidation sites excluding steroid dienone is 7. The highest BCUT2D eigenvalue weighted by molar-refractivity contribution is 5.30. The lowest BCUT2D eigenvalue weighted by Crippen LogP contribution is -1.76. The molecule has 66 valence electrons. The molecule has 0 N–H and O–H groups in total. The van der Waals surface area contributed by atoms with Gasteiger partial charge < -0.3 is 0 Å². The Morgan fingerprint density at radius 1 is 1.42 bits per heavy atom. The van der Waals surface area contributed by atoms with Crippen LogP contribution in [0.25, 0.3) is 0 Å². The van der Waals surface area contributed by atoms with Crippen molar-refractivity contribution in [2.45, 2.75) is 27.2 Å². The molecule has 0 aliphatic rings. The molecule has 0 amide bonds. The highest BCUT2D eigenvalue weighted by atomic mass is 13.9. The predicted octanol–water partition coefficient (Wildman–Crippen LogP) is 4.03. The van der Waals surface area contributed by atoms with Crippen molar-refractivity contribution >= 4 is 0 Å². The maximum Gasteiger partial charge on any atom is -0.0307 e. The molecule has 0 aliphatic carbocycles. The molecule has 0 nitrogen and oxygen atoms in total. The van der Waals surface area contributed by atoms with Gasteiger partial charge in [0.25, 0.3) is 0 Å². The van der Waals surface area contributed by atoms with Gasteiger partial charge in [-0.1, -0.05) is 49.5 Å². The molecule has 0 saturated carbocycles. The summed E-state index contributed by atoms with van der Waals surface area (Å²) in [5.74, 6) is 0. The molecule has 0 heterocycles. The molecule has 0 unspecified atom stereocenters. The van der Waals surface area contributed by atoms with Crippen molar-refractivity contribution in [3.8, 4) is 0 Å². The van der Waals surface area contributed by atoms with Crippen molar-refractivity contribution in [1.29, 1.82) is 0 Å². The van der Waals surface area contributed by atoms with Crippen molar-refractivity contribution in [3.05, 3.63) is 48.1 Å². The fourth-order valence-corrected chi connectivity index (χ4v) is 1.01. The van der Waals surface area contributed by atoms with Gasteiger partial charge in [0.2, 0.25) is 0 Å². The molecular formula is C12H18. The van der Waals surface area contributed by atoms with E-state index in [0.717, 1.165) is 6.42 Å². The molecule has 0 aliphatic heterocycles. The first-order chi connectivity index (χ1) is 5.74. The molecule has 0 fully saturated rings. The number of rotatable bonds is 4. The van der Waals surface area contributed by atoms with Gasteiger partial charge in [0.05, 0.1) is 0 Å². The molecule has 0 aromatic rings. The summed E-state index contributed by atoms with van der Waals surface area (Å²) in [6.07, 6.45) is 11.3. The Morgan fingerprint density at radius 3 is 2.50 bits per heavy atom. The van der Waals surface area contributed by atoms with E-state index in [1.807, 2.05) is 19.1 Å². The Morgan fingerprint density at radius 2 is 2.08 bits per heavy atom. The predicted molar refractivity (Wildman–Crippen MR) is 57.1 cm³/mol. The average molecular weight is 162 g/mol. The fraction of sp³-hybridized carbons (Fsp3) is 0.333. The van der Waals surface area contributed by atoms with E-state index in [2.05, 4.69) is 38.7 Å². The monoisotopic (exact) mass is 162 g/mol. The van der Waals surface area contributed by atoms with Crippen LogP contribution in [0, 0.1) is 0 Å². The quantitative estimate of drug-likeness (QED) is 0.547. The summed E-state index contributed by atoms with van der Waals surface area (Å²) in [5.41, 5.74) is 2.60. The minimum absolute atomic E-state index is 1.08. The van der Waals surface area contributed by atoms with Crippen molar-refractivity contribution in [2.75, 3.05) is 0 Å². The van der Waals surface area contributed by atoms with E-state index in [1.54, 1.807) is 0 Å². The van der Waals surface area contributed by atoms with E-state index in [-0.39, 0.29) is 0 Å².